The lowest BCUT2D eigenvalue weighted by Gasteiger charge is -2.37. The predicted octanol–water partition coefficient (Wildman–Crippen LogP) is 2.92. The Labute approximate surface area is 97.1 Å². The molecule has 1 N–H and O–H groups in total. The van der Waals surface area contributed by atoms with Crippen molar-refractivity contribution in [1.29, 1.82) is 0 Å². The molecule has 1 fully saturated rings. The van der Waals surface area contributed by atoms with Crippen LogP contribution in [0.1, 0.15) is 24.0 Å². The van der Waals surface area contributed by atoms with Crippen LogP contribution in [0, 0.1) is 24.6 Å². The van der Waals surface area contributed by atoms with E-state index in [2.05, 4.69) is 12.2 Å². The van der Waals surface area contributed by atoms with Crippen molar-refractivity contribution in [3.63, 3.8) is 0 Å². The van der Waals surface area contributed by atoms with E-state index in [9.17, 15) is 4.39 Å². The van der Waals surface area contributed by atoms with Gasteiger partial charge in [-0.05, 0) is 74.9 Å². The first kappa shape index (κ1) is 11.6. The number of halogens is 1. The zero-order valence-electron chi connectivity index (χ0n) is 10.1. The summed E-state index contributed by atoms with van der Waals surface area (Å²) in [5, 5.41) is 3.24. The van der Waals surface area contributed by atoms with E-state index < -0.39 is 0 Å². The standard InChI is InChI=1S/C14H20FN/c1-10-3-6-14(15)8-13(10)7-11-4-5-12(11)9-16-2/h3,6,8,11-12,16H,4-5,7,9H2,1-2H3. The zero-order chi connectivity index (χ0) is 11.5. The highest BCUT2D eigenvalue weighted by atomic mass is 19.1. The molecule has 0 radical (unpaired) electrons. The van der Waals surface area contributed by atoms with Gasteiger partial charge in [-0.3, -0.25) is 0 Å². The molecule has 2 unspecified atom stereocenters. The SMILES string of the molecule is CNCC1CCC1Cc1cc(F)ccc1C. The molecule has 0 heterocycles. The van der Waals surface area contributed by atoms with Crippen LogP contribution in [-0.2, 0) is 6.42 Å². The molecule has 0 aliphatic heterocycles. The molecule has 0 spiro atoms. The van der Waals surface area contributed by atoms with E-state index in [0.717, 1.165) is 24.8 Å². The Morgan fingerprint density at radius 2 is 2.06 bits per heavy atom. The van der Waals surface area contributed by atoms with E-state index in [4.69, 9.17) is 0 Å². The molecular formula is C14H20FN. The summed E-state index contributed by atoms with van der Waals surface area (Å²) < 4.78 is 13.2. The molecule has 0 saturated heterocycles. The van der Waals surface area contributed by atoms with E-state index in [1.165, 1.54) is 24.0 Å². The van der Waals surface area contributed by atoms with Crippen LogP contribution in [0.2, 0.25) is 0 Å². The fraction of sp³-hybridized carbons (Fsp3) is 0.571. The third-order valence-electron chi connectivity index (χ3n) is 3.83. The van der Waals surface area contributed by atoms with Gasteiger partial charge >= 0.3 is 0 Å². The average Bonchev–Trinajstić information content (AvgIpc) is 2.25. The smallest absolute Gasteiger partial charge is 0.123 e. The van der Waals surface area contributed by atoms with Crippen molar-refractivity contribution >= 4 is 0 Å². The minimum atomic E-state index is -0.106. The van der Waals surface area contributed by atoms with Gasteiger partial charge in [-0.2, -0.15) is 0 Å². The lowest BCUT2D eigenvalue weighted by atomic mass is 9.70. The normalized spacial score (nSPS) is 24.2. The van der Waals surface area contributed by atoms with Crippen molar-refractivity contribution in [3.8, 4) is 0 Å². The summed E-state index contributed by atoms with van der Waals surface area (Å²) in [6.45, 7) is 3.17. The van der Waals surface area contributed by atoms with Crippen molar-refractivity contribution in [2.75, 3.05) is 13.6 Å². The topological polar surface area (TPSA) is 12.0 Å². The summed E-state index contributed by atoms with van der Waals surface area (Å²) in [5.74, 6) is 1.42. The van der Waals surface area contributed by atoms with Gasteiger partial charge < -0.3 is 5.32 Å². The highest BCUT2D eigenvalue weighted by Gasteiger charge is 2.30. The molecule has 0 aromatic heterocycles. The number of benzene rings is 1. The maximum Gasteiger partial charge on any atom is 0.123 e. The summed E-state index contributed by atoms with van der Waals surface area (Å²) >= 11 is 0. The van der Waals surface area contributed by atoms with E-state index in [1.807, 2.05) is 13.1 Å². The van der Waals surface area contributed by atoms with E-state index in [-0.39, 0.29) is 5.82 Å². The van der Waals surface area contributed by atoms with Gasteiger partial charge in [0.2, 0.25) is 0 Å². The summed E-state index contributed by atoms with van der Waals surface area (Å²) in [7, 11) is 2.00. The molecule has 1 aromatic carbocycles. The first-order valence-corrected chi connectivity index (χ1v) is 6.10. The van der Waals surface area contributed by atoms with Crippen LogP contribution in [0.4, 0.5) is 4.39 Å². The first-order valence-electron chi connectivity index (χ1n) is 6.10. The van der Waals surface area contributed by atoms with Gasteiger partial charge in [0, 0.05) is 0 Å². The molecule has 1 aromatic rings. The van der Waals surface area contributed by atoms with Crippen molar-refractivity contribution < 1.29 is 4.39 Å². The number of hydrogen-bond donors (Lipinski definition) is 1. The van der Waals surface area contributed by atoms with Gasteiger partial charge in [-0.25, -0.2) is 4.39 Å². The number of nitrogens with one attached hydrogen (secondary N) is 1. The Kier molecular flexibility index (Phi) is 3.59. The Hall–Kier alpha value is -0.890. The second-order valence-electron chi connectivity index (χ2n) is 4.93. The molecule has 2 atom stereocenters. The second-order valence-corrected chi connectivity index (χ2v) is 4.93. The first-order chi connectivity index (χ1) is 7.70. The Bertz CT molecular complexity index is 362. The van der Waals surface area contributed by atoms with Crippen LogP contribution in [0.15, 0.2) is 18.2 Å². The van der Waals surface area contributed by atoms with Crippen molar-refractivity contribution in [3.05, 3.63) is 35.1 Å². The van der Waals surface area contributed by atoms with E-state index in [1.54, 1.807) is 12.1 Å². The molecule has 88 valence electrons. The van der Waals surface area contributed by atoms with Crippen LogP contribution < -0.4 is 5.32 Å². The van der Waals surface area contributed by atoms with Gasteiger partial charge in [0.05, 0.1) is 0 Å². The molecule has 1 saturated carbocycles. The third-order valence-corrected chi connectivity index (χ3v) is 3.83. The minimum Gasteiger partial charge on any atom is -0.319 e. The van der Waals surface area contributed by atoms with Crippen molar-refractivity contribution in [1.82, 2.24) is 5.32 Å². The maximum absolute atomic E-state index is 13.2. The van der Waals surface area contributed by atoms with Crippen LogP contribution in [0.25, 0.3) is 0 Å². The van der Waals surface area contributed by atoms with Gasteiger partial charge in [-0.1, -0.05) is 6.07 Å². The second kappa shape index (κ2) is 4.96. The molecule has 1 aliphatic carbocycles. The molecule has 1 nitrogen and oxygen atoms in total. The average molecular weight is 221 g/mol. The van der Waals surface area contributed by atoms with Crippen LogP contribution in [-0.4, -0.2) is 13.6 Å². The maximum atomic E-state index is 13.2. The number of rotatable bonds is 4. The third kappa shape index (κ3) is 2.43. The minimum absolute atomic E-state index is 0.106. The fourth-order valence-corrected chi connectivity index (χ4v) is 2.58. The highest BCUT2D eigenvalue weighted by molar-refractivity contribution is 5.27. The Balaban J connectivity index is 2.01. The molecule has 0 amide bonds. The van der Waals surface area contributed by atoms with Gasteiger partial charge in [0.15, 0.2) is 0 Å². The summed E-state index contributed by atoms with van der Waals surface area (Å²) in [6.07, 6.45) is 3.65. The molecule has 0 bridgehead atoms. The summed E-state index contributed by atoms with van der Waals surface area (Å²) in [5.41, 5.74) is 2.40. The molecule has 2 heteroatoms. The fourth-order valence-electron chi connectivity index (χ4n) is 2.58. The number of hydrogen-bond acceptors (Lipinski definition) is 1. The molecule has 2 rings (SSSR count). The largest absolute Gasteiger partial charge is 0.319 e. The van der Waals surface area contributed by atoms with Crippen LogP contribution >= 0.6 is 0 Å². The predicted molar refractivity (Wildman–Crippen MR) is 65.0 cm³/mol. The van der Waals surface area contributed by atoms with Crippen molar-refractivity contribution in [2.24, 2.45) is 11.8 Å². The Morgan fingerprint density at radius 1 is 1.31 bits per heavy atom. The van der Waals surface area contributed by atoms with Gasteiger partial charge in [-0.15, -0.1) is 0 Å². The lowest BCUT2D eigenvalue weighted by Crippen LogP contribution is -2.35. The monoisotopic (exact) mass is 221 g/mol. The molecular weight excluding hydrogens is 201 g/mol. The summed E-state index contributed by atoms with van der Waals surface area (Å²) in [6, 6.07) is 5.13. The lowest BCUT2D eigenvalue weighted by molar-refractivity contribution is 0.173. The Morgan fingerprint density at radius 3 is 2.69 bits per heavy atom. The zero-order valence-corrected chi connectivity index (χ0v) is 10.1. The quantitative estimate of drug-likeness (QED) is 0.824. The van der Waals surface area contributed by atoms with Crippen LogP contribution in [0.5, 0.6) is 0 Å². The molecule has 16 heavy (non-hydrogen) atoms. The van der Waals surface area contributed by atoms with E-state index in [0.29, 0.717) is 0 Å². The van der Waals surface area contributed by atoms with Gasteiger partial charge in [0.25, 0.3) is 0 Å². The van der Waals surface area contributed by atoms with E-state index >= 15 is 0 Å². The number of aryl methyl sites for hydroxylation is 1. The van der Waals surface area contributed by atoms with Crippen LogP contribution in [0.3, 0.4) is 0 Å². The van der Waals surface area contributed by atoms with Crippen molar-refractivity contribution in [2.45, 2.75) is 26.2 Å². The summed E-state index contributed by atoms with van der Waals surface area (Å²) in [4.78, 5) is 0. The highest BCUT2D eigenvalue weighted by Crippen LogP contribution is 2.36. The molecule has 1 aliphatic rings. The van der Waals surface area contributed by atoms with Gasteiger partial charge in [0.1, 0.15) is 5.82 Å².